The van der Waals surface area contributed by atoms with Crippen LogP contribution in [0.2, 0.25) is 0 Å². The number of hydrogen-bond donors (Lipinski definition) is 1. The van der Waals surface area contributed by atoms with Gasteiger partial charge >= 0.3 is 0 Å². The fraction of sp³-hybridized carbons (Fsp3) is 0.423. The summed E-state index contributed by atoms with van der Waals surface area (Å²) >= 11 is 1.60. The number of nitrogens with zero attached hydrogens (tertiary/aromatic N) is 7. The van der Waals surface area contributed by atoms with Gasteiger partial charge in [0.1, 0.15) is 22.7 Å². The molecule has 0 spiro atoms. The quantitative estimate of drug-likeness (QED) is 0.409. The van der Waals surface area contributed by atoms with Crippen molar-refractivity contribution in [3.63, 3.8) is 0 Å². The second-order valence-electron chi connectivity index (χ2n) is 10.00. The predicted octanol–water partition coefficient (Wildman–Crippen LogP) is 3.66. The number of thiazole rings is 1. The maximum absolute atomic E-state index is 5.98. The third-order valence-electron chi connectivity index (χ3n) is 7.30. The number of likely N-dealkylation sites (tertiary alicyclic amines) is 1. The summed E-state index contributed by atoms with van der Waals surface area (Å²) in [7, 11) is 2.20. The fourth-order valence-corrected chi connectivity index (χ4v) is 6.31. The molecule has 0 aliphatic carbocycles. The molecule has 3 atom stereocenters. The number of ether oxygens (including phenoxy) is 2. The highest BCUT2D eigenvalue weighted by Gasteiger charge is 2.42. The van der Waals surface area contributed by atoms with E-state index < -0.39 is 0 Å². The molecule has 10 nitrogen and oxygen atoms in total. The summed E-state index contributed by atoms with van der Waals surface area (Å²) < 4.78 is 12.4. The van der Waals surface area contributed by atoms with E-state index in [0.29, 0.717) is 30.4 Å². The molecule has 11 heteroatoms. The van der Waals surface area contributed by atoms with Gasteiger partial charge in [-0.25, -0.2) is 19.9 Å². The Labute approximate surface area is 218 Å². The molecule has 0 unspecified atom stereocenters. The van der Waals surface area contributed by atoms with Crippen LogP contribution in [-0.4, -0.2) is 81.4 Å². The lowest BCUT2D eigenvalue weighted by Gasteiger charge is -2.32. The van der Waals surface area contributed by atoms with Gasteiger partial charge in [0.15, 0.2) is 0 Å². The number of pyridine rings is 2. The van der Waals surface area contributed by atoms with Crippen molar-refractivity contribution in [2.24, 2.45) is 0 Å². The van der Waals surface area contributed by atoms with E-state index in [0.717, 1.165) is 64.4 Å². The van der Waals surface area contributed by atoms with Crippen LogP contribution in [0.1, 0.15) is 18.5 Å². The van der Waals surface area contributed by atoms with Gasteiger partial charge in [-0.15, -0.1) is 11.3 Å². The number of likely N-dealkylation sites (N-methyl/N-ethyl adjacent to an activating group) is 1. The van der Waals surface area contributed by atoms with Crippen molar-refractivity contribution in [1.29, 1.82) is 0 Å². The maximum atomic E-state index is 5.98. The molecule has 0 amide bonds. The summed E-state index contributed by atoms with van der Waals surface area (Å²) in [5.74, 6) is 2.84. The minimum atomic E-state index is 0.0591. The average molecular weight is 517 g/mol. The molecule has 37 heavy (non-hydrogen) atoms. The van der Waals surface area contributed by atoms with Gasteiger partial charge in [0.2, 0.25) is 11.8 Å². The first-order valence-corrected chi connectivity index (χ1v) is 13.5. The number of aromatic nitrogens is 5. The van der Waals surface area contributed by atoms with Crippen molar-refractivity contribution in [3.05, 3.63) is 42.4 Å². The topological polar surface area (TPSA) is 101 Å². The Morgan fingerprint density at radius 2 is 2.03 bits per heavy atom. The van der Waals surface area contributed by atoms with E-state index in [9.17, 15) is 0 Å². The second kappa shape index (κ2) is 9.16. The lowest BCUT2D eigenvalue weighted by atomic mass is 10.2. The molecule has 3 saturated heterocycles. The van der Waals surface area contributed by atoms with Crippen LogP contribution in [0.4, 0.5) is 17.6 Å². The smallest absolute Gasteiger partial charge is 0.227 e. The Hall–Kier alpha value is -3.41. The van der Waals surface area contributed by atoms with Crippen molar-refractivity contribution in [2.75, 3.05) is 43.6 Å². The first-order chi connectivity index (χ1) is 18.1. The Kier molecular flexibility index (Phi) is 5.63. The van der Waals surface area contributed by atoms with Crippen molar-refractivity contribution >= 4 is 39.1 Å². The fourth-order valence-electron chi connectivity index (χ4n) is 5.40. The van der Waals surface area contributed by atoms with E-state index in [-0.39, 0.29) is 6.10 Å². The van der Waals surface area contributed by atoms with Gasteiger partial charge in [0.05, 0.1) is 23.4 Å². The molecule has 0 saturated carbocycles. The van der Waals surface area contributed by atoms with Gasteiger partial charge in [-0.3, -0.25) is 4.90 Å². The van der Waals surface area contributed by atoms with Crippen molar-refractivity contribution < 1.29 is 9.47 Å². The number of nitrogens with one attached hydrogen (secondary N) is 1. The Morgan fingerprint density at radius 3 is 2.84 bits per heavy atom. The first-order valence-electron chi connectivity index (χ1n) is 12.6. The minimum Gasteiger partial charge on any atom is -0.472 e. The average Bonchev–Trinajstić information content (AvgIpc) is 3.68. The van der Waals surface area contributed by atoms with Crippen LogP contribution in [0.5, 0.6) is 5.88 Å². The zero-order chi connectivity index (χ0) is 24.9. The molecule has 1 N–H and O–H groups in total. The van der Waals surface area contributed by atoms with Gasteiger partial charge in [0, 0.05) is 73.4 Å². The van der Waals surface area contributed by atoms with Crippen LogP contribution in [0.3, 0.4) is 0 Å². The summed E-state index contributed by atoms with van der Waals surface area (Å²) in [6.45, 7) is 5.39. The number of aryl methyl sites for hydroxylation is 1. The monoisotopic (exact) mass is 516 g/mol. The normalized spacial score (nSPS) is 23.3. The second-order valence-corrected chi connectivity index (χ2v) is 11.0. The summed E-state index contributed by atoms with van der Waals surface area (Å²) in [6, 6.07) is 8.89. The molecule has 7 heterocycles. The molecule has 0 radical (unpaired) electrons. The zero-order valence-corrected chi connectivity index (χ0v) is 21.6. The van der Waals surface area contributed by atoms with E-state index in [1.54, 1.807) is 17.5 Å². The zero-order valence-electron chi connectivity index (χ0n) is 20.8. The predicted molar refractivity (Wildman–Crippen MR) is 143 cm³/mol. The van der Waals surface area contributed by atoms with E-state index in [4.69, 9.17) is 24.4 Å². The molecular weight excluding hydrogens is 488 g/mol. The third kappa shape index (κ3) is 4.47. The SMILES string of the molecule is Cc1cc(Nc2cc3nc(-c4ccnc(O[C@H]5CCOC5)c4)sc3cn2)nc(N2C[C@@H]3C[C@H]2CN3C)n1. The summed E-state index contributed by atoms with van der Waals surface area (Å²) in [6.07, 6.45) is 5.75. The Morgan fingerprint density at radius 1 is 1.08 bits per heavy atom. The van der Waals surface area contributed by atoms with Crippen LogP contribution in [-0.2, 0) is 4.74 Å². The van der Waals surface area contributed by atoms with Gasteiger partial charge in [-0.2, -0.15) is 4.98 Å². The number of piperazine rings is 1. The molecular formula is C26H28N8O2S. The van der Waals surface area contributed by atoms with Crippen molar-refractivity contribution in [2.45, 2.75) is 38.0 Å². The van der Waals surface area contributed by atoms with Crippen LogP contribution < -0.4 is 15.0 Å². The van der Waals surface area contributed by atoms with Crippen molar-refractivity contribution in [3.8, 4) is 16.5 Å². The minimum absolute atomic E-state index is 0.0591. The van der Waals surface area contributed by atoms with Gasteiger partial charge in [-0.1, -0.05) is 0 Å². The highest BCUT2D eigenvalue weighted by Crippen LogP contribution is 2.34. The number of fused-ring (bicyclic) bond motifs is 3. The third-order valence-corrected chi connectivity index (χ3v) is 8.36. The lowest BCUT2D eigenvalue weighted by molar-refractivity contribution is 0.138. The first kappa shape index (κ1) is 22.8. The van der Waals surface area contributed by atoms with E-state index in [2.05, 4.69) is 32.1 Å². The maximum Gasteiger partial charge on any atom is 0.227 e. The largest absolute Gasteiger partial charge is 0.472 e. The molecule has 4 aromatic heterocycles. The molecule has 7 rings (SSSR count). The van der Waals surface area contributed by atoms with E-state index in [1.807, 2.05) is 37.4 Å². The number of anilines is 3. The number of hydrogen-bond acceptors (Lipinski definition) is 11. The summed E-state index contributed by atoms with van der Waals surface area (Å²) in [5.41, 5.74) is 2.79. The van der Waals surface area contributed by atoms with Crippen LogP contribution in [0.25, 0.3) is 20.8 Å². The van der Waals surface area contributed by atoms with E-state index >= 15 is 0 Å². The molecule has 3 aliphatic heterocycles. The molecule has 3 fully saturated rings. The lowest BCUT2D eigenvalue weighted by Crippen LogP contribution is -2.45. The highest BCUT2D eigenvalue weighted by molar-refractivity contribution is 7.21. The van der Waals surface area contributed by atoms with Crippen LogP contribution in [0.15, 0.2) is 36.7 Å². The molecule has 190 valence electrons. The molecule has 3 aliphatic rings. The Bertz CT molecular complexity index is 1450. The summed E-state index contributed by atoms with van der Waals surface area (Å²) in [5, 5.41) is 4.28. The van der Waals surface area contributed by atoms with Gasteiger partial charge in [0.25, 0.3) is 0 Å². The Balaban J connectivity index is 1.11. The highest BCUT2D eigenvalue weighted by atomic mass is 32.1. The van der Waals surface area contributed by atoms with E-state index in [1.165, 1.54) is 6.42 Å². The standard InChI is InChI=1S/C26H28N8O2S/c1-15-7-23(32-26(29-15)34-13-17-9-18(34)12-33(17)2)31-22-10-20-21(11-28-22)37-25(30-20)16-3-5-27-24(8-16)36-19-4-6-35-14-19/h3,5,7-8,10-11,17-19H,4,6,9,12-14H2,1-2H3,(H,28,29,31,32)/t17-,18-,19-/m0/s1. The van der Waals surface area contributed by atoms with Crippen molar-refractivity contribution in [1.82, 2.24) is 29.8 Å². The molecule has 2 bridgehead atoms. The van der Waals surface area contributed by atoms with Gasteiger partial charge < -0.3 is 19.7 Å². The summed E-state index contributed by atoms with van der Waals surface area (Å²) in [4.78, 5) is 28.2. The molecule has 0 aromatic carbocycles. The number of rotatable bonds is 6. The van der Waals surface area contributed by atoms with Gasteiger partial charge in [-0.05, 0) is 26.5 Å². The van der Waals surface area contributed by atoms with Crippen LogP contribution in [0, 0.1) is 6.92 Å². The molecule has 4 aromatic rings. The van der Waals surface area contributed by atoms with Crippen LogP contribution >= 0.6 is 11.3 Å².